The number of rotatable bonds is 2. The van der Waals surface area contributed by atoms with Crippen molar-refractivity contribution in [2.24, 2.45) is 0 Å². The van der Waals surface area contributed by atoms with Gasteiger partial charge in [0.15, 0.2) is 0 Å². The quantitative estimate of drug-likeness (QED) is 0.836. The normalized spacial score (nSPS) is 18.4. The molecule has 1 aliphatic rings. The molecular weight excluding hydrogens is 240 g/mol. The van der Waals surface area contributed by atoms with Gasteiger partial charge in [0.25, 0.3) is 0 Å². The molecule has 0 bridgehead atoms. The highest BCUT2D eigenvalue weighted by molar-refractivity contribution is 7.98. The smallest absolute Gasteiger partial charge is 0.0957 e. The van der Waals surface area contributed by atoms with Crippen LogP contribution >= 0.6 is 11.8 Å². The molecule has 0 fully saturated rings. The van der Waals surface area contributed by atoms with Crippen LogP contribution in [0.1, 0.15) is 22.7 Å². The minimum Gasteiger partial charge on any atom is -0.306 e. The summed E-state index contributed by atoms with van der Waals surface area (Å²) in [6.45, 7) is 1.03. The molecule has 18 heavy (non-hydrogen) atoms. The second-order valence-electron chi connectivity index (χ2n) is 4.47. The number of aromatic nitrogens is 1. The molecule has 2 heterocycles. The number of thioether (sulfide) groups is 1. The first-order chi connectivity index (χ1) is 8.88. The average molecular weight is 256 g/mol. The molecule has 0 amide bonds. The predicted molar refractivity (Wildman–Crippen MR) is 76.0 cm³/mol. The van der Waals surface area contributed by atoms with Gasteiger partial charge in [-0.1, -0.05) is 30.3 Å². The van der Waals surface area contributed by atoms with E-state index in [4.69, 9.17) is 0 Å². The van der Waals surface area contributed by atoms with Gasteiger partial charge < -0.3 is 5.32 Å². The van der Waals surface area contributed by atoms with Gasteiger partial charge in [0, 0.05) is 12.7 Å². The van der Waals surface area contributed by atoms with Crippen LogP contribution in [0.3, 0.4) is 0 Å². The van der Waals surface area contributed by atoms with Crippen LogP contribution in [0.4, 0.5) is 0 Å². The van der Waals surface area contributed by atoms with Crippen LogP contribution in [0, 0.1) is 0 Å². The fourth-order valence-corrected chi connectivity index (χ4v) is 2.85. The fraction of sp³-hybridized carbons (Fsp3) is 0.267. The number of nitrogens with one attached hydrogen (secondary N) is 1. The predicted octanol–water partition coefficient (Wildman–Crippen LogP) is 3.04. The zero-order valence-corrected chi connectivity index (χ0v) is 11.2. The Morgan fingerprint density at radius 3 is 2.89 bits per heavy atom. The lowest BCUT2D eigenvalue weighted by Crippen LogP contribution is -2.30. The Morgan fingerprint density at radius 2 is 2.11 bits per heavy atom. The van der Waals surface area contributed by atoms with Gasteiger partial charge in [0.05, 0.1) is 11.1 Å². The summed E-state index contributed by atoms with van der Waals surface area (Å²) in [4.78, 5) is 4.47. The molecule has 2 nitrogen and oxygen atoms in total. The van der Waals surface area contributed by atoms with Crippen LogP contribution in [-0.4, -0.2) is 17.8 Å². The third-order valence-corrected chi connectivity index (χ3v) is 4.07. The Morgan fingerprint density at radius 1 is 1.22 bits per heavy atom. The number of nitrogens with zero attached hydrogens (tertiary/aromatic N) is 1. The first kappa shape index (κ1) is 11.8. The SMILES string of the molecule is CSc1ccc([C@H]2NCCc3ccccc32)cn1. The summed E-state index contributed by atoms with van der Waals surface area (Å²) in [5.41, 5.74) is 4.09. The minimum absolute atomic E-state index is 0.290. The van der Waals surface area contributed by atoms with Gasteiger partial charge in [-0.05, 0) is 35.4 Å². The Kier molecular flexibility index (Phi) is 3.35. The van der Waals surface area contributed by atoms with Crippen LogP contribution in [0.15, 0.2) is 47.6 Å². The summed E-state index contributed by atoms with van der Waals surface area (Å²) in [7, 11) is 0. The lowest BCUT2D eigenvalue weighted by atomic mass is 9.91. The number of hydrogen-bond acceptors (Lipinski definition) is 3. The van der Waals surface area contributed by atoms with Gasteiger partial charge in [-0.15, -0.1) is 11.8 Å². The molecule has 1 aliphatic heterocycles. The van der Waals surface area contributed by atoms with Crippen LogP contribution in [0.25, 0.3) is 0 Å². The average Bonchev–Trinajstić information content (AvgIpc) is 2.47. The van der Waals surface area contributed by atoms with Gasteiger partial charge in [0.2, 0.25) is 0 Å². The van der Waals surface area contributed by atoms with E-state index >= 15 is 0 Å². The van der Waals surface area contributed by atoms with Crippen molar-refractivity contribution in [1.82, 2.24) is 10.3 Å². The monoisotopic (exact) mass is 256 g/mol. The molecule has 0 unspecified atom stereocenters. The van der Waals surface area contributed by atoms with Crippen molar-refractivity contribution in [1.29, 1.82) is 0 Å². The third kappa shape index (κ3) is 2.16. The molecule has 3 heteroatoms. The molecule has 1 N–H and O–H groups in total. The van der Waals surface area contributed by atoms with Crippen molar-refractivity contribution in [2.45, 2.75) is 17.5 Å². The largest absolute Gasteiger partial charge is 0.306 e. The van der Waals surface area contributed by atoms with E-state index in [0.29, 0.717) is 6.04 Å². The lowest BCUT2D eigenvalue weighted by Gasteiger charge is -2.27. The molecule has 0 radical (unpaired) electrons. The molecule has 1 aromatic heterocycles. The van der Waals surface area contributed by atoms with Crippen molar-refractivity contribution in [3.8, 4) is 0 Å². The molecule has 0 aliphatic carbocycles. The van der Waals surface area contributed by atoms with Gasteiger partial charge in [-0.2, -0.15) is 0 Å². The summed E-state index contributed by atoms with van der Waals surface area (Å²) < 4.78 is 0. The highest BCUT2D eigenvalue weighted by Gasteiger charge is 2.20. The second-order valence-corrected chi connectivity index (χ2v) is 5.30. The maximum atomic E-state index is 4.47. The molecule has 1 aromatic carbocycles. The molecule has 2 aromatic rings. The highest BCUT2D eigenvalue weighted by atomic mass is 32.2. The van der Waals surface area contributed by atoms with Crippen molar-refractivity contribution >= 4 is 11.8 Å². The lowest BCUT2D eigenvalue weighted by molar-refractivity contribution is 0.566. The van der Waals surface area contributed by atoms with E-state index in [1.807, 2.05) is 6.20 Å². The Bertz CT molecular complexity index is 536. The molecular formula is C15H16N2S. The number of benzene rings is 1. The van der Waals surface area contributed by atoms with Crippen molar-refractivity contribution in [2.75, 3.05) is 12.8 Å². The van der Waals surface area contributed by atoms with Crippen molar-refractivity contribution in [3.05, 3.63) is 59.3 Å². The van der Waals surface area contributed by atoms with Gasteiger partial charge in [0.1, 0.15) is 0 Å². The molecule has 92 valence electrons. The minimum atomic E-state index is 0.290. The zero-order chi connectivity index (χ0) is 12.4. The van der Waals surface area contributed by atoms with E-state index in [0.717, 1.165) is 18.0 Å². The molecule has 0 saturated heterocycles. The van der Waals surface area contributed by atoms with Crippen LogP contribution in [0.5, 0.6) is 0 Å². The number of hydrogen-bond donors (Lipinski definition) is 1. The summed E-state index contributed by atoms with van der Waals surface area (Å²) in [5, 5.41) is 4.65. The van der Waals surface area contributed by atoms with E-state index < -0.39 is 0 Å². The molecule has 0 spiro atoms. The van der Waals surface area contributed by atoms with Gasteiger partial charge in [-0.25, -0.2) is 4.98 Å². The summed E-state index contributed by atoms with van der Waals surface area (Å²) in [6, 6.07) is 13.2. The number of pyridine rings is 1. The van der Waals surface area contributed by atoms with E-state index in [1.165, 1.54) is 16.7 Å². The molecule has 0 saturated carbocycles. The summed E-state index contributed by atoms with van der Waals surface area (Å²) in [5.74, 6) is 0. The maximum absolute atomic E-state index is 4.47. The topological polar surface area (TPSA) is 24.9 Å². The fourth-order valence-electron chi connectivity index (χ4n) is 2.49. The first-order valence-electron chi connectivity index (χ1n) is 6.19. The second kappa shape index (κ2) is 5.12. The van der Waals surface area contributed by atoms with Crippen LogP contribution < -0.4 is 5.32 Å². The Labute approximate surface area is 112 Å². The first-order valence-corrected chi connectivity index (χ1v) is 7.42. The number of fused-ring (bicyclic) bond motifs is 1. The van der Waals surface area contributed by atoms with Crippen LogP contribution in [-0.2, 0) is 6.42 Å². The highest BCUT2D eigenvalue weighted by Crippen LogP contribution is 2.28. The Hall–Kier alpha value is -1.32. The van der Waals surface area contributed by atoms with Gasteiger partial charge in [-0.3, -0.25) is 0 Å². The van der Waals surface area contributed by atoms with Crippen LogP contribution in [0.2, 0.25) is 0 Å². The molecule has 3 rings (SSSR count). The van der Waals surface area contributed by atoms with Gasteiger partial charge >= 0.3 is 0 Å². The summed E-state index contributed by atoms with van der Waals surface area (Å²) in [6.07, 6.45) is 5.16. The zero-order valence-electron chi connectivity index (χ0n) is 10.4. The van der Waals surface area contributed by atoms with E-state index in [2.05, 4.69) is 53.0 Å². The summed E-state index contributed by atoms with van der Waals surface area (Å²) >= 11 is 1.68. The maximum Gasteiger partial charge on any atom is 0.0957 e. The van der Waals surface area contributed by atoms with Crippen molar-refractivity contribution in [3.63, 3.8) is 0 Å². The Balaban J connectivity index is 1.97. The van der Waals surface area contributed by atoms with E-state index in [9.17, 15) is 0 Å². The molecule has 1 atom stereocenters. The third-order valence-electron chi connectivity index (χ3n) is 3.41. The van der Waals surface area contributed by atoms with Crippen molar-refractivity contribution < 1.29 is 0 Å². The standard InChI is InChI=1S/C15H16N2S/c1-18-14-7-6-12(10-17-14)15-13-5-3-2-4-11(13)8-9-16-15/h2-7,10,15-16H,8-9H2,1H3/t15-/m1/s1. The van der Waals surface area contributed by atoms with E-state index in [-0.39, 0.29) is 0 Å². The van der Waals surface area contributed by atoms with E-state index in [1.54, 1.807) is 11.8 Å².